The molecular formula is C14H20N2. The third-order valence-electron chi connectivity index (χ3n) is 2.88. The van der Waals surface area contributed by atoms with Gasteiger partial charge in [-0.1, -0.05) is 38.8 Å². The van der Waals surface area contributed by atoms with E-state index in [4.69, 9.17) is 0 Å². The average molecular weight is 216 g/mol. The summed E-state index contributed by atoms with van der Waals surface area (Å²) in [5, 5.41) is 0. The van der Waals surface area contributed by atoms with Crippen LogP contribution in [-0.2, 0) is 6.42 Å². The molecule has 0 aliphatic carbocycles. The highest BCUT2D eigenvalue weighted by molar-refractivity contribution is 5.74. The predicted octanol–water partition coefficient (Wildman–Crippen LogP) is 3.93. The fraction of sp³-hybridized carbons (Fsp3) is 0.500. The molecule has 1 heterocycles. The van der Waals surface area contributed by atoms with Crippen LogP contribution in [0.5, 0.6) is 0 Å². The summed E-state index contributed by atoms with van der Waals surface area (Å²) in [6.07, 6.45) is 4.92. The summed E-state index contributed by atoms with van der Waals surface area (Å²) in [6, 6.07) is 8.22. The molecular weight excluding hydrogens is 196 g/mol. The number of hydrogen-bond acceptors (Lipinski definition) is 1. The van der Waals surface area contributed by atoms with Gasteiger partial charge in [-0.2, -0.15) is 0 Å². The van der Waals surface area contributed by atoms with Crippen molar-refractivity contribution in [1.82, 2.24) is 9.97 Å². The van der Waals surface area contributed by atoms with Gasteiger partial charge in [0.05, 0.1) is 11.0 Å². The normalized spacial score (nSPS) is 11.4. The molecule has 1 aromatic carbocycles. The maximum absolute atomic E-state index is 4.57. The summed E-state index contributed by atoms with van der Waals surface area (Å²) in [4.78, 5) is 7.95. The smallest absolute Gasteiger partial charge is 0.107 e. The van der Waals surface area contributed by atoms with E-state index in [1.807, 2.05) is 12.1 Å². The number of nitrogens with zero attached hydrogens (tertiary/aromatic N) is 1. The van der Waals surface area contributed by atoms with Crippen molar-refractivity contribution in [2.45, 2.75) is 39.5 Å². The number of para-hydroxylation sites is 2. The molecule has 0 atom stereocenters. The molecule has 0 aliphatic heterocycles. The van der Waals surface area contributed by atoms with Gasteiger partial charge in [-0.15, -0.1) is 0 Å². The number of fused-ring (bicyclic) bond motifs is 1. The van der Waals surface area contributed by atoms with Gasteiger partial charge >= 0.3 is 0 Å². The third kappa shape index (κ3) is 2.84. The predicted molar refractivity (Wildman–Crippen MR) is 68.5 cm³/mol. The Morgan fingerprint density at radius 3 is 2.75 bits per heavy atom. The quantitative estimate of drug-likeness (QED) is 0.754. The molecule has 1 N–H and O–H groups in total. The molecule has 2 nitrogen and oxygen atoms in total. The van der Waals surface area contributed by atoms with Crippen LogP contribution in [0.15, 0.2) is 24.3 Å². The minimum absolute atomic E-state index is 0.815. The van der Waals surface area contributed by atoms with Gasteiger partial charge in [-0.05, 0) is 24.5 Å². The molecule has 1 aromatic heterocycles. The summed E-state index contributed by atoms with van der Waals surface area (Å²) in [5.41, 5.74) is 2.24. The lowest BCUT2D eigenvalue weighted by molar-refractivity contribution is 0.535. The topological polar surface area (TPSA) is 28.7 Å². The highest BCUT2D eigenvalue weighted by atomic mass is 14.9. The molecule has 2 heteroatoms. The van der Waals surface area contributed by atoms with Crippen LogP contribution in [0.1, 0.15) is 38.9 Å². The Kier molecular flexibility index (Phi) is 3.60. The van der Waals surface area contributed by atoms with Gasteiger partial charge in [-0.25, -0.2) is 4.98 Å². The molecule has 0 spiro atoms. The second-order valence-electron chi connectivity index (χ2n) is 4.84. The Labute approximate surface area is 97.1 Å². The first-order chi connectivity index (χ1) is 7.75. The molecule has 0 unspecified atom stereocenters. The van der Waals surface area contributed by atoms with E-state index in [2.05, 4.69) is 35.9 Å². The largest absolute Gasteiger partial charge is 0.342 e. The maximum Gasteiger partial charge on any atom is 0.107 e. The number of aromatic amines is 1. The second-order valence-corrected chi connectivity index (χ2v) is 4.84. The number of hydrogen-bond donors (Lipinski definition) is 1. The van der Waals surface area contributed by atoms with Gasteiger partial charge in [-0.3, -0.25) is 0 Å². The molecule has 2 rings (SSSR count). The zero-order chi connectivity index (χ0) is 11.4. The second kappa shape index (κ2) is 5.15. The third-order valence-corrected chi connectivity index (χ3v) is 2.88. The first kappa shape index (κ1) is 11.2. The molecule has 0 radical (unpaired) electrons. The molecule has 86 valence electrons. The van der Waals surface area contributed by atoms with E-state index in [9.17, 15) is 0 Å². The average Bonchev–Trinajstić information content (AvgIpc) is 2.66. The standard InChI is InChI=1S/C14H20N2/c1-11(2)7-3-6-10-14-15-12-8-4-5-9-13(12)16-14/h4-5,8-9,11H,3,6-7,10H2,1-2H3,(H,15,16). The number of nitrogens with one attached hydrogen (secondary N) is 1. The maximum atomic E-state index is 4.57. The van der Waals surface area contributed by atoms with Gasteiger partial charge in [0, 0.05) is 6.42 Å². The molecule has 0 bridgehead atoms. The fourth-order valence-corrected chi connectivity index (χ4v) is 1.97. The highest BCUT2D eigenvalue weighted by Gasteiger charge is 2.01. The molecule has 16 heavy (non-hydrogen) atoms. The zero-order valence-corrected chi connectivity index (χ0v) is 10.2. The Bertz CT molecular complexity index is 410. The number of rotatable bonds is 5. The first-order valence-corrected chi connectivity index (χ1v) is 6.19. The van der Waals surface area contributed by atoms with Crippen molar-refractivity contribution in [3.63, 3.8) is 0 Å². The van der Waals surface area contributed by atoms with E-state index in [-0.39, 0.29) is 0 Å². The summed E-state index contributed by atoms with van der Waals surface area (Å²) < 4.78 is 0. The number of aromatic nitrogens is 2. The van der Waals surface area contributed by atoms with Crippen molar-refractivity contribution in [2.75, 3.05) is 0 Å². The number of imidazole rings is 1. The van der Waals surface area contributed by atoms with Crippen molar-refractivity contribution in [3.8, 4) is 0 Å². The molecule has 0 amide bonds. The van der Waals surface area contributed by atoms with E-state index in [1.165, 1.54) is 19.3 Å². The molecule has 0 fully saturated rings. The fourth-order valence-electron chi connectivity index (χ4n) is 1.97. The monoisotopic (exact) mass is 216 g/mol. The van der Waals surface area contributed by atoms with Crippen molar-refractivity contribution < 1.29 is 0 Å². The number of H-pyrrole nitrogens is 1. The van der Waals surface area contributed by atoms with E-state index >= 15 is 0 Å². The minimum Gasteiger partial charge on any atom is -0.342 e. The van der Waals surface area contributed by atoms with E-state index < -0.39 is 0 Å². The lowest BCUT2D eigenvalue weighted by Crippen LogP contribution is -1.91. The first-order valence-electron chi connectivity index (χ1n) is 6.19. The van der Waals surface area contributed by atoms with Gasteiger partial charge in [0.2, 0.25) is 0 Å². The van der Waals surface area contributed by atoms with Gasteiger partial charge < -0.3 is 4.98 Å². The Balaban J connectivity index is 1.89. The van der Waals surface area contributed by atoms with Crippen LogP contribution in [0.2, 0.25) is 0 Å². The summed E-state index contributed by atoms with van der Waals surface area (Å²) in [7, 11) is 0. The van der Waals surface area contributed by atoms with Crippen LogP contribution in [0.25, 0.3) is 11.0 Å². The Morgan fingerprint density at radius 1 is 1.19 bits per heavy atom. The highest BCUT2D eigenvalue weighted by Crippen LogP contribution is 2.13. The summed E-state index contributed by atoms with van der Waals surface area (Å²) in [6.45, 7) is 4.56. The SMILES string of the molecule is CC(C)CCCCc1nc2ccccc2[nH]1. The molecule has 2 aromatic rings. The van der Waals surface area contributed by atoms with Crippen LogP contribution >= 0.6 is 0 Å². The van der Waals surface area contributed by atoms with Crippen LogP contribution in [0.4, 0.5) is 0 Å². The van der Waals surface area contributed by atoms with Gasteiger partial charge in [0.1, 0.15) is 5.82 Å². The number of aryl methyl sites for hydroxylation is 1. The summed E-state index contributed by atoms with van der Waals surface area (Å²) in [5.74, 6) is 1.95. The summed E-state index contributed by atoms with van der Waals surface area (Å²) >= 11 is 0. The van der Waals surface area contributed by atoms with E-state index in [0.717, 1.165) is 29.2 Å². The lowest BCUT2D eigenvalue weighted by Gasteiger charge is -2.02. The van der Waals surface area contributed by atoms with Crippen molar-refractivity contribution in [1.29, 1.82) is 0 Å². The van der Waals surface area contributed by atoms with Crippen LogP contribution in [0.3, 0.4) is 0 Å². The van der Waals surface area contributed by atoms with Crippen LogP contribution < -0.4 is 0 Å². The van der Waals surface area contributed by atoms with Crippen LogP contribution in [0, 0.1) is 5.92 Å². The van der Waals surface area contributed by atoms with Crippen molar-refractivity contribution in [3.05, 3.63) is 30.1 Å². The van der Waals surface area contributed by atoms with Crippen LogP contribution in [-0.4, -0.2) is 9.97 Å². The van der Waals surface area contributed by atoms with Gasteiger partial charge in [0.15, 0.2) is 0 Å². The molecule has 0 aliphatic rings. The Hall–Kier alpha value is -1.31. The van der Waals surface area contributed by atoms with Gasteiger partial charge in [0.25, 0.3) is 0 Å². The lowest BCUT2D eigenvalue weighted by atomic mass is 10.1. The number of benzene rings is 1. The van der Waals surface area contributed by atoms with Crippen molar-refractivity contribution in [2.24, 2.45) is 5.92 Å². The van der Waals surface area contributed by atoms with E-state index in [0.29, 0.717) is 0 Å². The Morgan fingerprint density at radius 2 is 2.00 bits per heavy atom. The number of unbranched alkanes of at least 4 members (excludes halogenated alkanes) is 1. The van der Waals surface area contributed by atoms with E-state index in [1.54, 1.807) is 0 Å². The van der Waals surface area contributed by atoms with Crippen molar-refractivity contribution >= 4 is 11.0 Å². The molecule has 0 saturated carbocycles. The zero-order valence-electron chi connectivity index (χ0n) is 10.2. The molecule has 0 saturated heterocycles. The minimum atomic E-state index is 0.815.